The van der Waals surface area contributed by atoms with Crippen LogP contribution in [0.25, 0.3) is 0 Å². The maximum absolute atomic E-state index is 11.8. The van der Waals surface area contributed by atoms with Crippen LogP contribution in [-0.2, 0) is 17.9 Å². The van der Waals surface area contributed by atoms with Crippen molar-refractivity contribution in [2.24, 2.45) is 0 Å². The molecule has 1 heterocycles. The molecule has 7 heteroatoms. The summed E-state index contributed by atoms with van der Waals surface area (Å²) in [6, 6.07) is 0. The fraction of sp³-hybridized carbons (Fsp3) is 0.636. The molecule has 0 unspecified atom stereocenters. The number of aromatic nitrogens is 2. The number of rotatable bonds is 7. The third-order valence-corrected chi connectivity index (χ3v) is 2.01. The Bertz CT molecular complexity index is 340. The predicted octanol–water partition coefficient (Wildman–Crippen LogP) is 2.06. The maximum atomic E-state index is 11.8. The number of hydrogen-bond acceptors (Lipinski definition) is 4. The minimum absolute atomic E-state index is 0.234. The first-order valence-corrected chi connectivity index (χ1v) is 5.66. The second-order valence-corrected chi connectivity index (χ2v) is 3.79. The minimum atomic E-state index is -4.32. The summed E-state index contributed by atoms with van der Waals surface area (Å²) in [7, 11) is 0. The van der Waals surface area contributed by atoms with E-state index < -0.39 is 12.8 Å². The highest BCUT2D eigenvalue weighted by Crippen LogP contribution is 2.14. The van der Waals surface area contributed by atoms with Crippen molar-refractivity contribution in [2.75, 3.05) is 13.2 Å². The van der Waals surface area contributed by atoms with Crippen molar-refractivity contribution in [3.63, 3.8) is 0 Å². The van der Waals surface area contributed by atoms with E-state index in [9.17, 15) is 13.2 Å². The molecule has 1 aromatic heterocycles. The summed E-state index contributed by atoms with van der Waals surface area (Å²) in [5, 5.41) is 3.17. The van der Waals surface area contributed by atoms with Crippen molar-refractivity contribution in [1.82, 2.24) is 15.3 Å². The summed E-state index contributed by atoms with van der Waals surface area (Å²) >= 11 is 0. The molecule has 0 aliphatic carbocycles. The molecule has 0 saturated carbocycles. The molecule has 0 aliphatic heterocycles. The van der Waals surface area contributed by atoms with Gasteiger partial charge in [0, 0.05) is 24.5 Å². The second-order valence-electron chi connectivity index (χ2n) is 3.79. The first-order chi connectivity index (χ1) is 8.51. The molecule has 1 rings (SSSR count). The first kappa shape index (κ1) is 14.8. The number of halogens is 3. The van der Waals surface area contributed by atoms with Gasteiger partial charge in [0.25, 0.3) is 0 Å². The number of nitrogens with one attached hydrogen (secondary N) is 1. The zero-order chi connectivity index (χ0) is 13.4. The average molecular weight is 263 g/mol. The zero-order valence-electron chi connectivity index (χ0n) is 10.1. The highest BCUT2D eigenvalue weighted by atomic mass is 19.4. The van der Waals surface area contributed by atoms with E-state index in [-0.39, 0.29) is 12.4 Å². The molecular formula is C11H16F3N3O. The van der Waals surface area contributed by atoms with Gasteiger partial charge >= 0.3 is 6.18 Å². The van der Waals surface area contributed by atoms with Crippen LogP contribution >= 0.6 is 0 Å². The van der Waals surface area contributed by atoms with Gasteiger partial charge in [0.05, 0.1) is 0 Å². The quantitative estimate of drug-likeness (QED) is 0.765. The van der Waals surface area contributed by atoms with Gasteiger partial charge in [0.2, 0.25) is 0 Å². The van der Waals surface area contributed by atoms with Gasteiger partial charge in [0.1, 0.15) is 13.2 Å². The Labute approximate surface area is 104 Å². The van der Waals surface area contributed by atoms with E-state index in [4.69, 9.17) is 0 Å². The predicted molar refractivity (Wildman–Crippen MR) is 59.7 cm³/mol. The Morgan fingerprint density at radius 1 is 1.28 bits per heavy atom. The summed E-state index contributed by atoms with van der Waals surface area (Å²) in [5.41, 5.74) is 0.892. The smallest absolute Gasteiger partial charge is 0.364 e. The van der Waals surface area contributed by atoms with Crippen LogP contribution in [0.4, 0.5) is 13.2 Å². The van der Waals surface area contributed by atoms with Crippen LogP contribution in [0, 0.1) is 0 Å². The molecule has 0 radical (unpaired) electrons. The fourth-order valence-electron chi connectivity index (χ4n) is 1.21. The lowest BCUT2D eigenvalue weighted by molar-refractivity contribution is -0.177. The fourth-order valence-corrected chi connectivity index (χ4v) is 1.21. The van der Waals surface area contributed by atoms with E-state index in [0.717, 1.165) is 18.5 Å². The molecule has 4 nitrogen and oxygen atoms in total. The lowest BCUT2D eigenvalue weighted by Gasteiger charge is -2.07. The van der Waals surface area contributed by atoms with Gasteiger partial charge in [-0.15, -0.1) is 0 Å². The van der Waals surface area contributed by atoms with Gasteiger partial charge in [-0.3, -0.25) is 0 Å². The topological polar surface area (TPSA) is 47.0 Å². The lowest BCUT2D eigenvalue weighted by Crippen LogP contribution is -2.17. The van der Waals surface area contributed by atoms with E-state index in [1.807, 2.05) is 0 Å². The zero-order valence-corrected chi connectivity index (χ0v) is 10.1. The molecule has 0 aliphatic rings. The Morgan fingerprint density at radius 2 is 1.94 bits per heavy atom. The minimum Gasteiger partial charge on any atom is -0.364 e. The van der Waals surface area contributed by atoms with Crippen molar-refractivity contribution >= 4 is 0 Å². The monoisotopic (exact) mass is 263 g/mol. The molecule has 102 valence electrons. The van der Waals surface area contributed by atoms with E-state index >= 15 is 0 Å². The summed E-state index contributed by atoms with van der Waals surface area (Å²) in [4.78, 5) is 7.87. The van der Waals surface area contributed by atoms with E-state index in [2.05, 4.69) is 26.9 Å². The number of hydrogen-bond donors (Lipinski definition) is 1. The molecule has 0 spiro atoms. The van der Waals surface area contributed by atoms with Crippen molar-refractivity contribution in [3.8, 4) is 0 Å². The normalized spacial score (nSPS) is 11.8. The van der Waals surface area contributed by atoms with Crippen molar-refractivity contribution in [3.05, 3.63) is 23.8 Å². The number of alkyl halides is 3. The van der Waals surface area contributed by atoms with E-state index in [1.54, 1.807) is 12.4 Å². The summed E-state index contributed by atoms with van der Waals surface area (Å²) in [6.07, 6.45) is -0.113. The molecule has 0 fully saturated rings. The second kappa shape index (κ2) is 7.27. The molecule has 0 bridgehead atoms. The van der Waals surface area contributed by atoms with Gasteiger partial charge in [-0.05, 0) is 13.0 Å². The Balaban J connectivity index is 2.31. The van der Waals surface area contributed by atoms with E-state index in [0.29, 0.717) is 6.54 Å². The third kappa shape index (κ3) is 6.51. The molecule has 0 atom stereocenters. The average Bonchev–Trinajstić information content (AvgIpc) is 2.30. The van der Waals surface area contributed by atoms with Gasteiger partial charge in [-0.2, -0.15) is 13.2 Å². The van der Waals surface area contributed by atoms with Gasteiger partial charge in [-0.1, -0.05) is 6.92 Å². The number of nitrogens with zero attached hydrogens (tertiary/aromatic N) is 2. The van der Waals surface area contributed by atoms with Crippen molar-refractivity contribution in [2.45, 2.75) is 32.7 Å². The summed E-state index contributed by atoms with van der Waals surface area (Å²) in [5.74, 6) is 0.249. The van der Waals surface area contributed by atoms with Crippen LogP contribution in [0.5, 0.6) is 0 Å². The molecule has 0 saturated heterocycles. The van der Waals surface area contributed by atoms with Crippen LogP contribution in [0.1, 0.15) is 24.7 Å². The standard InChI is InChI=1S/C11H16F3N3O/c1-2-3-15-4-9-5-16-10(17-6-9)7-18-8-11(12,13)14/h5-6,15H,2-4,7-8H2,1H3. The molecule has 18 heavy (non-hydrogen) atoms. The summed E-state index contributed by atoms with van der Waals surface area (Å²) < 4.78 is 39.9. The van der Waals surface area contributed by atoms with Crippen LogP contribution < -0.4 is 5.32 Å². The molecule has 0 aromatic carbocycles. The first-order valence-electron chi connectivity index (χ1n) is 5.66. The van der Waals surface area contributed by atoms with Gasteiger partial charge in [-0.25, -0.2) is 9.97 Å². The molecule has 1 aromatic rings. The van der Waals surface area contributed by atoms with Crippen LogP contribution in [0.2, 0.25) is 0 Å². The Morgan fingerprint density at radius 3 is 2.50 bits per heavy atom. The van der Waals surface area contributed by atoms with Gasteiger partial charge in [0.15, 0.2) is 5.82 Å². The van der Waals surface area contributed by atoms with Gasteiger partial charge < -0.3 is 10.1 Å². The highest BCUT2D eigenvalue weighted by molar-refractivity contribution is 5.04. The molecule has 0 amide bonds. The number of ether oxygens (including phenoxy) is 1. The maximum Gasteiger partial charge on any atom is 0.411 e. The Kier molecular flexibility index (Phi) is 6.00. The van der Waals surface area contributed by atoms with E-state index in [1.165, 1.54) is 0 Å². The van der Waals surface area contributed by atoms with Crippen molar-refractivity contribution in [1.29, 1.82) is 0 Å². The largest absolute Gasteiger partial charge is 0.411 e. The highest BCUT2D eigenvalue weighted by Gasteiger charge is 2.27. The molecular weight excluding hydrogens is 247 g/mol. The third-order valence-electron chi connectivity index (χ3n) is 2.01. The lowest BCUT2D eigenvalue weighted by atomic mass is 10.3. The molecule has 1 N–H and O–H groups in total. The van der Waals surface area contributed by atoms with Crippen LogP contribution in [-0.4, -0.2) is 29.3 Å². The summed E-state index contributed by atoms with van der Waals surface area (Å²) in [6.45, 7) is 2.09. The van der Waals surface area contributed by atoms with Crippen molar-refractivity contribution < 1.29 is 17.9 Å². The Hall–Kier alpha value is -1.21. The van der Waals surface area contributed by atoms with Crippen LogP contribution in [0.3, 0.4) is 0 Å². The van der Waals surface area contributed by atoms with Crippen LogP contribution in [0.15, 0.2) is 12.4 Å². The SMILES string of the molecule is CCCNCc1cnc(COCC(F)(F)F)nc1.